The largest absolute Gasteiger partial charge is 0.355 e. The summed E-state index contributed by atoms with van der Waals surface area (Å²) in [7, 11) is -3.22. The Labute approximate surface area is 169 Å². The molecule has 0 unspecified atom stereocenters. The van der Waals surface area contributed by atoms with Crippen molar-refractivity contribution in [2.75, 3.05) is 25.4 Å². The lowest BCUT2D eigenvalue weighted by atomic mass is 9.72. The van der Waals surface area contributed by atoms with Crippen LogP contribution in [0.1, 0.15) is 57.4 Å². The van der Waals surface area contributed by atoms with Crippen LogP contribution in [-0.4, -0.2) is 44.0 Å². The fraction of sp³-hybridized carbons (Fsp3) is 0.591. The number of carbonyl (C=O) groups excluding carboxylic acids is 1. The zero-order chi connectivity index (χ0) is 20.0. The van der Waals surface area contributed by atoms with Crippen LogP contribution in [-0.2, 0) is 20.2 Å². The van der Waals surface area contributed by atoms with E-state index in [0.717, 1.165) is 24.8 Å². The molecule has 154 valence electrons. The van der Waals surface area contributed by atoms with Gasteiger partial charge in [-0.3, -0.25) is 4.79 Å². The maximum absolute atomic E-state index is 13.3. The van der Waals surface area contributed by atoms with Crippen LogP contribution in [0.4, 0.5) is 0 Å². The average Bonchev–Trinajstić information content (AvgIpc) is 2.75. The van der Waals surface area contributed by atoms with Crippen LogP contribution in [0.15, 0.2) is 42.0 Å². The van der Waals surface area contributed by atoms with Gasteiger partial charge in [0.05, 0.1) is 11.2 Å². The quantitative estimate of drug-likeness (QED) is 0.709. The van der Waals surface area contributed by atoms with E-state index in [4.69, 9.17) is 0 Å². The summed E-state index contributed by atoms with van der Waals surface area (Å²) in [5.74, 6) is 0.135. The third kappa shape index (κ3) is 4.66. The number of nitrogens with one attached hydrogen (secondary N) is 1. The Morgan fingerprint density at radius 1 is 1.14 bits per heavy atom. The topological polar surface area (TPSA) is 66.5 Å². The fourth-order valence-electron chi connectivity index (χ4n) is 4.37. The molecule has 1 saturated heterocycles. The first-order valence-corrected chi connectivity index (χ1v) is 12.1. The molecule has 0 radical (unpaired) electrons. The Bertz CT molecular complexity index is 794. The number of piperidine rings is 1. The lowest BCUT2D eigenvalue weighted by Gasteiger charge is -2.40. The van der Waals surface area contributed by atoms with Crippen molar-refractivity contribution in [1.82, 2.24) is 9.62 Å². The molecular weight excluding hydrogens is 372 g/mol. The van der Waals surface area contributed by atoms with E-state index in [2.05, 4.69) is 11.4 Å². The van der Waals surface area contributed by atoms with Crippen LogP contribution in [0.3, 0.4) is 0 Å². The molecule has 0 spiro atoms. The number of amides is 1. The summed E-state index contributed by atoms with van der Waals surface area (Å²) in [5, 5.41) is 3.16. The van der Waals surface area contributed by atoms with Crippen molar-refractivity contribution in [3.8, 4) is 0 Å². The maximum Gasteiger partial charge on any atom is 0.230 e. The molecule has 1 heterocycles. The molecule has 0 saturated carbocycles. The van der Waals surface area contributed by atoms with Gasteiger partial charge in [0.1, 0.15) is 0 Å². The normalized spacial score (nSPS) is 20.4. The number of carbonyl (C=O) groups is 1. The van der Waals surface area contributed by atoms with Crippen LogP contribution in [0.5, 0.6) is 0 Å². The minimum absolute atomic E-state index is 0.0312. The number of benzene rings is 1. The Balaban J connectivity index is 1.71. The van der Waals surface area contributed by atoms with E-state index in [-0.39, 0.29) is 11.7 Å². The van der Waals surface area contributed by atoms with Gasteiger partial charge in [-0.2, -0.15) is 0 Å². The SMILES string of the molecule is CCS(=O)(=O)N1CCC(C(=O)NCCC2=CCCCC2)(c2ccccc2)CC1. The van der Waals surface area contributed by atoms with Crippen molar-refractivity contribution in [3.63, 3.8) is 0 Å². The summed E-state index contributed by atoms with van der Waals surface area (Å²) in [5.41, 5.74) is 1.78. The minimum Gasteiger partial charge on any atom is -0.355 e. The number of hydrogen-bond acceptors (Lipinski definition) is 3. The molecule has 1 aromatic carbocycles. The van der Waals surface area contributed by atoms with Gasteiger partial charge in [0.2, 0.25) is 15.9 Å². The van der Waals surface area contributed by atoms with Gasteiger partial charge in [-0.1, -0.05) is 42.0 Å². The molecule has 0 aromatic heterocycles. The smallest absolute Gasteiger partial charge is 0.230 e. The third-order valence-electron chi connectivity index (χ3n) is 6.21. The highest BCUT2D eigenvalue weighted by Crippen LogP contribution is 2.36. The molecule has 1 aliphatic heterocycles. The summed E-state index contributed by atoms with van der Waals surface area (Å²) < 4.78 is 26.0. The molecule has 0 atom stereocenters. The number of rotatable bonds is 7. The monoisotopic (exact) mass is 404 g/mol. The van der Waals surface area contributed by atoms with Gasteiger partial charge < -0.3 is 5.32 Å². The molecule has 1 aromatic rings. The Kier molecular flexibility index (Phi) is 6.94. The summed E-state index contributed by atoms with van der Waals surface area (Å²) in [6, 6.07) is 9.83. The lowest BCUT2D eigenvalue weighted by Crippen LogP contribution is -2.53. The molecule has 0 bridgehead atoms. The maximum atomic E-state index is 13.3. The van der Waals surface area contributed by atoms with Crippen molar-refractivity contribution < 1.29 is 13.2 Å². The average molecular weight is 405 g/mol. The van der Waals surface area contributed by atoms with Gasteiger partial charge in [-0.15, -0.1) is 0 Å². The van der Waals surface area contributed by atoms with Crippen LogP contribution < -0.4 is 5.32 Å². The van der Waals surface area contributed by atoms with Crippen LogP contribution in [0, 0.1) is 0 Å². The first-order chi connectivity index (χ1) is 13.5. The Morgan fingerprint density at radius 2 is 1.86 bits per heavy atom. The first kappa shape index (κ1) is 21.1. The van der Waals surface area contributed by atoms with Crippen molar-refractivity contribution in [2.24, 2.45) is 0 Å². The highest BCUT2D eigenvalue weighted by molar-refractivity contribution is 7.89. The van der Waals surface area contributed by atoms with Crippen molar-refractivity contribution in [2.45, 2.75) is 57.3 Å². The molecule has 1 N–H and O–H groups in total. The Hall–Kier alpha value is -1.66. The van der Waals surface area contributed by atoms with E-state index in [0.29, 0.717) is 32.5 Å². The van der Waals surface area contributed by atoms with Gasteiger partial charge in [0.25, 0.3) is 0 Å². The third-order valence-corrected chi connectivity index (χ3v) is 8.09. The molecule has 2 aliphatic rings. The second-order valence-electron chi connectivity index (χ2n) is 7.86. The van der Waals surface area contributed by atoms with Gasteiger partial charge in [0.15, 0.2) is 0 Å². The molecule has 1 fully saturated rings. The molecule has 6 heteroatoms. The van der Waals surface area contributed by atoms with Crippen molar-refractivity contribution in [1.29, 1.82) is 0 Å². The van der Waals surface area contributed by atoms with E-state index >= 15 is 0 Å². The summed E-state index contributed by atoms with van der Waals surface area (Å²) in [4.78, 5) is 13.3. The zero-order valence-corrected chi connectivity index (χ0v) is 17.6. The lowest BCUT2D eigenvalue weighted by molar-refractivity contribution is -0.128. The van der Waals surface area contributed by atoms with Crippen molar-refractivity contribution in [3.05, 3.63) is 47.5 Å². The molecule has 1 aliphatic carbocycles. The number of sulfonamides is 1. The summed E-state index contributed by atoms with van der Waals surface area (Å²) in [6.07, 6.45) is 9.07. The molecule has 1 amide bonds. The van der Waals surface area contributed by atoms with Gasteiger partial charge in [-0.05, 0) is 57.4 Å². The standard InChI is InChI=1S/C22H32N2O3S/c1-2-28(26,27)24-17-14-22(15-18-24,20-11-7-4-8-12-20)21(25)23-16-13-19-9-5-3-6-10-19/h4,7-9,11-12H,2-3,5-6,10,13-18H2,1H3,(H,23,25). The van der Waals surface area contributed by atoms with E-state index < -0.39 is 15.4 Å². The van der Waals surface area contributed by atoms with E-state index in [1.54, 1.807) is 6.92 Å². The van der Waals surface area contributed by atoms with Crippen molar-refractivity contribution >= 4 is 15.9 Å². The van der Waals surface area contributed by atoms with E-state index in [1.165, 1.54) is 22.7 Å². The van der Waals surface area contributed by atoms with Crippen LogP contribution >= 0.6 is 0 Å². The van der Waals surface area contributed by atoms with Crippen LogP contribution in [0.25, 0.3) is 0 Å². The molecule has 3 rings (SSSR count). The highest BCUT2D eigenvalue weighted by Gasteiger charge is 2.44. The summed E-state index contributed by atoms with van der Waals surface area (Å²) >= 11 is 0. The second-order valence-corrected chi connectivity index (χ2v) is 10.1. The minimum atomic E-state index is -3.22. The van der Waals surface area contributed by atoms with E-state index in [1.807, 2.05) is 30.3 Å². The second kappa shape index (κ2) is 9.23. The fourth-order valence-corrected chi connectivity index (χ4v) is 5.47. The molecule has 5 nitrogen and oxygen atoms in total. The van der Waals surface area contributed by atoms with Gasteiger partial charge in [-0.25, -0.2) is 12.7 Å². The number of allylic oxidation sites excluding steroid dienone is 1. The predicted octanol–water partition coefficient (Wildman–Crippen LogP) is 3.38. The summed E-state index contributed by atoms with van der Waals surface area (Å²) in [6.45, 7) is 3.10. The Morgan fingerprint density at radius 3 is 2.46 bits per heavy atom. The molecular formula is C22H32N2O3S. The first-order valence-electron chi connectivity index (χ1n) is 10.5. The molecule has 28 heavy (non-hydrogen) atoms. The number of nitrogens with zero attached hydrogens (tertiary/aromatic N) is 1. The van der Waals surface area contributed by atoms with Gasteiger partial charge >= 0.3 is 0 Å². The van der Waals surface area contributed by atoms with Crippen LogP contribution in [0.2, 0.25) is 0 Å². The highest BCUT2D eigenvalue weighted by atomic mass is 32.2. The number of hydrogen-bond donors (Lipinski definition) is 1. The van der Waals surface area contributed by atoms with E-state index in [9.17, 15) is 13.2 Å². The predicted molar refractivity (Wildman–Crippen MR) is 113 cm³/mol. The zero-order valence-electron chi connectivity index (χ0n) is 16.8. The van der Waals surface area contributed by atoms with Gasteiger partial charge in [0, 0.05) is 19.6 Å².